The summed E-state index contributed by atoms with van der Waals surface area (Å²) >= 11 is 2.79. The lowest BCUT2D eigenvalue weighted by Gasteiger charge is -2.39. The lowest BCUT2D eigenvalue weighted by Crippen LogP contribution is -2.48. The number of carbonyl (C=O) groups is 1. The third kappa shape index (κ3) is 3.67. The SMILES string of the molecule is C=CCn1c(SCC(=O)N2C(C)CCCC2C)nc2sccc2c1=O. The Morgan fingerprint density at radius 1 is 1.44 bits per heavy atom. The number of thioether (sulfide) groups is 1. The molecule has 5 nitrogen and oxygen atoms in total. The molecule has 3 rings (SSSR count). The van der Waals surface area contributed by atoms with Gasteiger partial charge in [0.1, 0.15) is 4.83 Å². The Balaban J connectivity index is 1.82. The van der Waals surface area contributed by atoms with Crippen molar-refractivity contribution in [3.05, 3.63) is 34.5 Å². The smallest absolute Gasteiger partial charge is 0.263 e. The molecule has 7 heteroatoms. The van der Waals surface area contributed by atoms with Crippen LogP contribution < -0.4 is 5.56 Å². The highest BCUT2D eigenvalue weighted by molar-refractivity contribution is 7.99. The van der Waals surface area contributed by atoms with Crippen molar-refractivity contribution in [3.8, 4) is 0 Å². The first-order chi connectivity index (χ1) is 12.0. The fraction of sp³-hybridized carbons (Fsp3) is 0.500. The van der Waals surface area contributed by atoms with Crippen molar-refractivity contribution in [1.29, 1.82) is 0 Å². The lowest BCUT2D eigenvalue weighted by molar-refractivity contribution is -0.134. The molecule has 2 atom stereocenters. The van der Waals surface area contributed by atoms with Crippen LogP contribution in [0, 0.1) is 0 Å². The zero-order valence-electron chi connectivity index (χ0n) is 14.6. The van der Waals surface area contributed by atoms with E-state index in [1.807, 2.05) is 10.3 Å². The number of hydrogen-bond donors (Lipinski definition) is 0. The van der Waals surface area contributed by atoms with Crippen LogP contribution in [0.1, 0.15) is 33.1 Å². The van der Waals surface area contributed by atoms with Gasteiger partial charge in [-0.05, 0) is 44.6 Å². The first kappa shape index (κ1) is 18.2. The number of hydrogen-bond acceptors (Lipinski definition) is 5. The fourth-order valence-corrected chi connectivity index (χ4v) is 5.13. The standard InChI is InChI=1S/C18H23N3O2S2/c1-4-9-20-17(23)14-8-10-24-16(14)19-18(20)25-11-15(22)21-12(2)6-5-7-13(21)3/h4,8,10,12-13H,1,5-7,9,11H2,2-3H3. The van der Waals surface area contributed by atoms with E-state index >= 15 is 0 Å². The van der Waals surface area contributed by atoms with Crippen molar-refractivity contribution in [3.63, 3.8) is 0 Å². The van der Waals surface area contributed by atoms with E-state index in [9.17, 15) is 9.59 Å². The van der Waals surface area contributed by atoms with Crippen LogP contribution in [0.4, 0.5) is 0 Å². The average Bonchev–Trinajstić information content (AvgIpc) is 3.04. The second kappa shape index (κ2) is 7.74. The van der Waals surface area contributed by atoms with Gasteiger partial charge in [-0.1, -0.05) is 17.8 Å². The topological polar surface area (TPSA) is 55.2 Å². The van der Waals surface area contributed by atoms with Crippen LogP contribution in [0.15, 0.2) is 34.1 Å². The molecule has 1 fully saturated rings. The van der Waals surface area contributed by atoms with Gasteiger partial charge in [0.2, 0.25) is 5.91 Å². The largest absolute Gasteiger partial charge is 0.337 e. The minimum Gasteiger partial charge on any atom is -0.337 e. The van der Waals surface area contributed by atoms with Crippen LogP contribution in [0.2, 0.25) is 0 Å². The molecule has 25 heavy (non-hydrogen) atoms. The number of likely N-dealkylation sites (tertiary alicyclic amines) is 1. The van der Waals surface area contributed by atoms with Crippen LogP contribution in [-0.4, -0.2) is 38.2 Å². The van der Waals surface area contributed by atoms with E-state index in [4.69, 9.17) is 0 Å². The molecule has 1 saturated heterocycles. The first-order valence-corrected chi connectivity index (χ1v) is 10.4. The van der Waals surface area contributed by atoms with Crippen LogP contribution in [-0.2, 0) is 11.3 Å². The predicted octanol–water partition coefficient (Wildman–Crippen LogP) is 3.53. The Kier molecular flexibility index (Phi) is 5.64. The summed E-state index contributed by atoms with van der Waals surface area (Å²) in [7, 11) is 0. The predicted molar refractivity (Wildman–Crippen MR) is 104 cm³/mol. The zero-order valence-corrected chi connectivity index (χ0v) is 16.2. The van der Waals surface area contributed by atoms with Crippen LogP contribution in [0.3, 0.4) is 0 Å². The highest BCUT2D eigenvalue weighted by Gasteiger charge is 2.29. The van der Waals surface area contributed by atoms with Crippen LogP contribution in [0.5, 0.6) is 0 Å². The van der Waals surface area contributed by atoms with Gasteiger partial charge in [0.15, 0.2) is 5.16 Å². The van der Waals surface area contributed by atoms with Crippen molar-refractivity contribution < 1.29 is 4.79 Å². The summed E-state index contributed by atoms with van der Waals surface area (Å²) < 4.78 is 1.60. The number of fused-ring (bicyclic) bond motifs is 1. The second-order valence-electron chi connectivity index (χ2n) is 6.46. The maximum absolute atomic E-state index is 12.7. The van der Waals surface area contributed by atoms with E-state index < -0.39 is 0 Å². The van der Waals surface area contributed by atoms with Gasteiger partial charge >= 0.3 is 0 Å². The van der Waals surface area contributed by atoms with E-state index in [0.717, 1.165) is 17.7 Å². The summed E-state index contributed by atoms with van der Waals surface area (Å²) in [6.45, 7) is 8.34. The molecule has 3 heterocycles. The van der Waals surface area contributed by atoms with Gasteiger partial charge < -0.3 is 4.90 Å². The molecule has 0 bridgehead atoms. The Morgan fingerprint density at radius 2 is 2.16 bits per heavy atom. The lowest BCUT2D eigenvalue weighted by atomic mass is 9.98. The molecule has 0 aromatic carbocycles. The molecule has 2 aromatic heterocycles. The van der Waals surface area contributed by atoms with Crippen molar-refractivity contribution in [1.82, 2.24) is 14.5 Å². The molecule has 0 N–H and O–H groups in total. The number of allylic oxidation sites excluding steroid dienone is 1. The number of carbonyl (C=O) groups excluding carboxylic acids is 1. The zero-order chi connectivity index (χ0) is 18.0. The maximum atomic E-state index is 12.7. The van der Waals surface area contributed by atoms with Crippen LogP contribution in [0.25, 0.3) is 10.2 Å². The molecule has 2 aromatic rings. The normalized spacial score (nSPS) is 20.8. The molecular weight excluding hydrogens is 354 g/mol. The van der Waals surface area contributed by atoms with E-state index in [0.29, 0.717) is 22.8 Å². The number of thiophene rings is 1. The summed E-state index contributed by atoms with van der Waals surface area (Å²) in [5, 5.41) is 3.08. The molecular formula is C18H23N3O2S2. The van der Waals surface area contributed by atoms with Gasteiger partial charge in [0.05, 0.1) is 11.1 Å². The Bertz CT molecular complexity index is 832. The summed E-state index contributed by atoms with van der Waals surface area (Å²) in [5.41, 5.74) is -0.0687. The molecule has 0 saturated carbocycles. The van der Waals surface area contributed by atoms with Crippen molar-refractivity contribution in [2.24, 2.45) is 0 Å². The minimum atomic E-state index is -0.0687. The summed E-state index contributed by atoms with van der Waals surface area (Å²) in [4.78, 5) is 32.7. The number of amides is 1. The van der Waals surface area contributed by atoms with Gasteiger partial charge in [-0.3, -0.25) is 14.2 Å². The Morgan fingerprint density at radius 3 is 2.84 bits per heavy atom. The van der Waals surface area contributed by atoms with Gasteiger partial charge in [-0.25, -0.2) is 4.98 Å². The summed E-state index contributed by atoms with van der Waals surface area (Å²) in [5.74, 6) is 0.421. The van der Waals surface area contributed by atoms with E-state index in [1.165, 1.54) is 29.5 Å². The minimum absolute atomic E-state index is 0.0687. The quantitative estimate of drug-likeness (QED) is 0.454. The number of aromatic nitrogens is 2. The van der Waals surface area contributed by atoms with E-state index in [-0.39, 0.29) is 23.6 Å². The van der Waals surface area contributed by atoms with E-state index in [2.05, 4.69) is 25.4 Å². The fourth-order valence-electron chi connectivity index (χ4n) is 3.44. The molecule has 0 spiro atoms. The van der Waals surface area contributed by atoms with Gasteiger partial charge in [-0.15, -0.1) is 17.9 Å². The maximum Gasteiger partial charge on any atom is 0.263 e. The second-order valence-corrected chi connectivity index (χ2v) is 8.29. The molecule has 1 aliphatic heterocycles. The molecule has 1 amide bonds. The molecule has 2 unspecified atom stereocenters. The van der Waals surface area contributed by atoms with Gasteiger partial charge in [-0.2, -0.15) is 0 Å². The van der Waals surface area contributed by atoms with Crippen molar-refractivity contribution in [2.45, 2.75) is 56.9 Å². The third-order valence-electron chi connectivity index (χ3n) is 4.67. The summed E-state index contributed by atoms with van der Waals surface area (Å²) in [6, 6.07) is 2.35. The van der Waals surface area contributed by atoms with Crippen molar-refractivity contribution >= 4 is 39.2 Å². The third-order valence-corrected chi connectivity index (χ3v) is 6.43. The van der Waals surface area contributed by atoms with Gasteiger partial charge in [0, 0.05) is 18.6 Å². The number of piperidine rings is 1. The Labute approximate surface area is 155 Å². The Hall–Kier alpha value is -1.60. The molecule has 1 aliphatic rings. The van der Waals surface area contributed by atoms with Gasteiger partial charge in [0.25, 0.3) is 5.56 Å². The molecule has 0 radical (unpaired) electrons. The highest BCUT2D eigenvalue weighted by atomic mass is 32.2. The highest BCUT2D eigenvalue weighted by Crippen LogP contribution is 2.26. The first-order valence-electron chi connectivity index (χ1n) is 8.55. The number of rotatable bonds is 5. The van der Waals surface area contributed by atoms with E-state index in [1.54, 1.807) is 16.7 Å². The monoisotopic (exact) mass is 377 g/mol. The van der Waals surface area contributed by atoms with Crippen LogP contribution >= 0.6 is 23.1 Å². The number of nitrogens with zero attached hydrogens (tertiary/aromatic N) is 3. The molecule has 0 aliphatic carbocycles. The van der Waals surface area contributed by atoms with Crippen molar-refractivity contribution in [2.75, 3.05) is 5.75 Å². The average molecular weight is 378 g/mol. The summed E-state index contributed by atoms with van der Waals surface area (Å²) in [6.07, 6.45) is 4.97. The molecule has 134 valence electrons.